The molecule has 1 aliphatic heterocycles. The molecule has 1 atom stereocenters. The molecule has 0 spiro atoms. The van der Waals surface area contributed by atoms with E-state index < -0.39 is 40.3 Å². The van der Waals surface area contributed by atoms with E-state index in [1.54, 1.807) is 25.1 Å². The predicted molar refractivity (Wildman–Crippen MR) is 109 cm³/mol. The van der Waals surface area contributed by atoms with Crippen molar-refractivity contribution in [3.63, 3.8) is 0 Å². The summed E-state index contributed by atoms with van der Waals surface area (Å²) in [4.78, 5) is 39.5. The van der Waals surface area contributed by atoms with E-state index in [0.717, 1.165) is 9.21 Å². The highest BCUT2D eigenvalue weighted by Crippen LogP contribution is 2.26. The molecule has 1 unspecified atom stereocenters. The summed E-state index contributed by atoms with van der Waals surface area (Å²) < 4.78 is 31.4. The van der Waals surface area contributed by atoms with Crippen molar-refractivity contribution in [2.24, 2.45) is 0 Å². The highest BCUT2D eigenvalue weighted by atomic mass is 32.2. The van der Waals surface area contributed by atoms with E-state index >= 15 is 0 Å². The van der Waals surface area contributed by atoms with E-state index in [-0.39, 0.29) is 21.8 Å². The number of amides is 2. The van der Waals surface area contributed by atoms with E-state index in [1.807, 2.05) is 0 Å². The van der Waals surface area contributed by atoms with Crippen molar-refractivity contribution < 1.29 is 27.5 Å². The molecule has 0 aromatic heterocycles. The van der Waals surface area contributed by atoms with Crippen LogP contribution in [-0.4, -0.2) is 62.0 Å². The Morgan fingerprint density at radius 2 is 1.80 bits per heavy atom. The van der Waals surface area contributed by atoms with Crippen molar-refractivity contribution in [2.75, 3.05) is 20.6 Å². The summed E-state index contributed by atoms with van der Waals surface area (Å²) in [6, 6.07) is 12.0. The summed E-state index contributed by atoms with van der Waals surface area (Å²) in [5, 5.41) is 0. The van der Waals surface area contributed by atoms with E-state index in [0.29, 0.717) is 6.42 Å². The third-order valence-corrected chi connectivity index (χ3v) is 6.59. The molecule has 1 aliphatic rings. The highest BCUT2D eigenvalue weighted by Gasteiger charge is 2.36. The largest absolute Gasteiger partial charge is 0.480 e. The number of ketones is 1. The van der Waals surface area contributed by atoms with Gasteiger partial charge in [0.15, 0.2) is 11.9 Å². The van der Waals surface area contributed by atoms with Gasteiger partial charge in [0.05, 0.1) is 17.0 Å². The summed E-state index contributed by atoms with van der Waals surface area (Å²) in [7, 11) is -0.953. The molecule has 8 nitrogen and oxygen atoms in total. The van der Waals surface area contributed by atoms with Gasteiger partial charge in [-0.2, -0.15) is 0 Å². The minimum Gasteiger partial charge on any atom is -0.480 e. The van der Waals surface area contributed by atoms with Crippen LogP contribution in [-0.2, 0) is 14.8 Å². The fraction of sp³-hybridized carbons (Fsp3) is 0.286. The summed E-state index contributed by atoms with van der Waals surface area (Å²) >= 11 is 0. The number of hydrogen-bond donors (Lipinski definition) is 0. The first-order valence-electron chi connectivity index (χ1n) is 9.34. The van der Waals surface area contributed by atoms with Crippen LogP contribution in [0.1, 0.15) is 34.1 Å². The Labute approximate surface area is 175 Å². The fourth-order valence-corrected chi connectivity index (χ4v) is 4.00. The molecule has 9 heteroatoms. The van der Waals surface area contributed by atoms with Crippen LogP contribution in [0.25, 0.3) is 0 Å². The van der Waals surface area contributed by atoms with Crippen LogP contribution in [0.3, 0.4) is 0 Å². The zero-order chi connectivity index (χ0) is 22.1. The molecule has 158 valence electrons. The number of carbonyl (C=O) groups excluding carboxylic acids is 3. The number of imide groups is 1. The molecule has 2 aromatic rings. The Morgan fingerprint density at radius 3 is 2.47 bits per heavy atom. The summed E-state index contributed by atoms with van der Waals surface area (Å²) in [6.07, 6.45) is -0.576. The molecule has 0 saturated carbocycles. The number of para-hydroxylation sites is 1. The van der Waals surface area contributed by atoms with Crippen molar-refractivity contribution in [3.8, 4) is 5.75 Å². The normalized spacial score (nSPS) is 16.8. The van der Waals surface area contributed by atoms with Gasteiger partial charge in [-0.3, -0.25) is 19.3 Å². The number of nitrogens with zero attached hydrogens (tertiary/aromatic N) is 2. The van der Waals surface area contributed by atoms with Crippen molar-refractivity contribution in [2.45, 2.75) is 24.3 Å². The Kier molecular flexibility index (Phi) is 6.04. The lowest BCUT2D eigenvalue weighted by molar-refractivity contribution is -0.135. The van der Waals surface area contributed by atoms with E-state index in [9.17, 15) is 22.8 Å². The molecule has 0 bridgehead atoms. The van der Waals surface area contributed by atoms with Gasteiger partial charge < -0.3 is 4.74 Å². The molecule has 30 heavy (non-hydrogen) atoms. The number of Topliss-reactive ketones (excluding diaryl/α,β-unsaturated/α-hetero) is 1. The highest BCUT2D eigenvalue weighted by molar-refractivity contribution is 7.89. The standard InChI is InChI=1S/C21H22N2O6S/c1-4-18-21(26)23(20(25)16-10-5-6-11-19(16)29-18)13-17(24)14-8-7-9-15(12-14)30(27,28)22(2)3/h5-12,18H,4,13H2,1-3H3. The van der Waals surface area contributed by atoms with Crippen molar-refractivity contribution in [3.05, 3.63) is 59.7 Å². The summed E-state index contributed by atoms with van der Waals surface area (Å²) in [6.45, 7) is 1.23. The smallest absolute Gasteiger partial charge is 0.270 e. The number of fused-ring (bicyclic) bond motifs is 1. The monoisotopic (exact) mass is 430 g/mol. The van der Waals surface area contributed by atoms with Crippen LogP contribution < -0.4 is 4.74 Å². The number of hydrogen-bond acceptors (Lipinski definition) is 6. The molecule has 1 heterocycles. The van der Waals surface area contributed by atoms with Gasteiger partial charge in [-0.25, -0.2) is 12.7 Å². The molecular formula is C21H22N2O6S. The number of sulfonamides is 1. The van der Waals surface area contributed by atoms with Gasteiger partial charge in [0.1, 0.15) is 5.75 Å². The van der Waals surface area contributed by atoms with E-state index in [2.05, 4.69) is 0 Å². The number of rotatable bonds is 6. The first kappa shape index (κ1) is 21.7. The molecule has 0 saturated heterocycles. The molecule has 0 radical (unpaired) electrons. The number of benzene rings is 2. The Morgan fingerprint density at radius 1 is 1.10 bits per heavy atom. The second-order valence-electron chi connectivity index (χ2n) is 6.98. The van der Waals surface area contributed by atoms with Crippen molar-refractivity contribution in [1.82, 2.24) is 9.21 Å². The fourth-order valence-electron chi connectivity index (χ4n) is 3.05. The first-order chi connectivity index (χ1) is 14.2. The lowest BCUT2D eigenvalue weighted by Gasteiger charge is -2.21. The lowest BCUT2D eigenvalue weighted by atomic mass is 10.1. The average Bonchev–Trinajstić information content (AvgIpc) is 2.83. The third-order valence-electron chi connectivity index (χ3n) is 4.78. The Balaban J connectivity index is 1.94. The zero-order valence-electron chi connectivity index (χ0n) is 16.9. The second-order valence-corrected chi connectivity index (χ2v) is 9.13. The molecule has 0 N–H and O–H groups in total. The molecule has 3 rings (SSSR count). The quantitative estimate of drug-likeness (QED) is 0.513. The first-order valence-corrected chi connectivity index (χ1v) is 10.8. The van der Waals surface area contributed by atoms with Gasteiger partial charge in [0, 0.05) is 19.7 Å². The Hall–Kier alpha value is -3.04. The third kappa shape index (κ3) is 3.99. The van der Waals surface area contributed by atoms with Gasteiger partial charge in [0.25, 0.3) is 11.8 Å². The Bertz CT molecular complexity index is 1110. The van der Waals surface area contributed by atoms with Gasteiger partial charge in [-0.1, -0.05) is 31.2 Å². The van der Waals surface area contributed by atoms with Gasteiger partial charge in [0.2, 0.25) is 10.0 Å². The molecule has 2 aromatic carbocycles. The van der Waals surface area contributed by atoms with Crippen LogP contribution in [0.4, 0.5) is 0 Å². The van der Waals surface area contributed by atoms with Crippen LogP contribution in [0.15, 0.2) is 53.4 Å². The van der Waals surface area contributed by atoms with Crippen LogP contribution in [0.5, 0.6) is 5.75 Å². The second kappa shape index (κ2) is 8.37. The van der Waals surface area contributed by atoms with Gasteiger partial charge in [-0.05, 0) is 30.7 Å². The number of ether oxygens (including phenoxy) is 1. The van der Waals surface area contributed by atoms with Crippen molar-refractivity contribution in [1.29, 1.82) is 0 Å². The summed E-state index contributed by atoms with van der Waals surface area (Å²) in [5.74, 6) is -1.50. The lowest BCUT2D eigenvalue weighted by Crippen LogP contribution is -2.45. The minimum atomic E-state index is -3.73. The summed E-state index contributed by atoms with van der Waals surface area (Å²) in [5.41, 5.74) is 0.281. The maximum atomic E-state index is 13.0. The van der Waals surface area contributed by atoms with E-state index in [4.69, 9.17) is 4.74 Å². The SMILES string of the molecule is CCC1Oc2ccccc2C(=O)N(CC(=O)c2cccc(S(=O)(=O)N(C)C)c2)C1=O. The average molecular weight is 430 g/mol. The molecular weight excluding hydrogens is 408 g/mol. The zero-order valence-corrected chi connectivity index (χ0v) is 17.7. The molecule has 0 fully saturated rings. The number of carbonyl (C=O) groups is 3. The van der Waals surface area contributed by atoms with Crippen LogP contribution >= 0.6 is 0 Å². The van der Waals surface area contributed by atoms with E-state index in [1.165, 1.54) is 44.4 Å². The van der Waals surface area contributed by atoms with Crippen LogP contribution in [0, 0.1) is 0 Å². The topological polar surface area (TPSA) is 101 Å². The molecule has 0 aliphatic carbocycles. The predicted octanol–water partition coefficient (Wildman–Crippen LogP) is 1.96. The maximum absolute atomic E-state index is 13.0. The maximum Gasteiger partial charge on any atom is 0.270 e. The molecule has 2 amide bonds. The van der Waals surface area contributed by atoms with Gasteiger partial charge in [-0.15, -0.1) is 0 Å². The van der Waals surface area contributed by atoms with Gasteiger partial charge >= 0.3 is 0 Å². The van der Waals surface area contributed by atoms with Crippen LogP contribution in [0.2, 0.25) is 0 Å². The van der Waals surface area contributed by atoms with Crippen molar-refractivity contribution >= 4 is 27.6 Å². The minimum absolute atomic E-state index is 0.0491.